The van der Waals surface area contributed by atoms with Crippen LogP contribution in [0.5, 0.6) is 0 Å². The first kappa shape index (κ1) is 10.0. The second kappa shape index (κ2) is 4.01. The van der Waals surface area contributed by atoms with Crippen LogP contribution in [0.3, 0.4) is 0 Å². The molecule has 0 aromatic carbocycles. The monoisotopic (exact) mass is 219 g/mol. The second-order valence-electron chi connectivity index (χ2n) is 4.79. The Balaban J connectivity index is 1.67. The van der Waals surface area contributed by atoms with Crippen LogP contribution in [-0.2, 0) is 12.8 Å². The molecule has 1 saturated carbocycles. The Hall–Kier alpha value is -1.16. The van der Waals surface area contributed by atoms with E-state index in [0.29, 0.717) is 12.5 Å². The third-order valence-corrected chi connectivity index (χ3v) is 3.52. The number of fused-ring (bicyclic) bond motifs is 1. The number of anilines is 1. The average Bonchev–Trinajstić information content (AvgIpc) is 3.04. The highest BCUT2D eigenvalue weighted by atomic mass is 16.3. The molecule has 4 heteroatoms. The van der Waals surface area contributed by atoms with Gasteiger partial charge in [-0.2, -0.15) is 0 Å². The van der Waals surface area contributed by atoms with Crippen LogP contribution in [0.2, 0.25) is 0 Å². The Bertz CT molecular complexity index is 390. The van der Waals surface area contributed by atoms with Gasteiger partial charge < -0.3 is 10.4 Å². The summed E-state index contributed by atoms with van der Waals surface area (Å²) in [5, 5.41) is 13.1. The number of hydrogen-bond donors (Lipinski definition) is 2. The van der Waals surface area contributed by atoms with Crippen molar-refractivity contribution in [2.75, 3.05) is 11.9 Å². The van der Waals surface area contributed by atoms with Crippen molar-refractivity contribution in [3.05, 3.63) is 17.6 Å². The molecule has 1 heterocycles. The second-order valence-corrected chi connectivity index (χ2v) is 4.79. The van der Waals surface area contributed by atoms with Crippen LogP contribution in [0.1, 0.15) is 30.5 Å². The predicted octanol–water partition coefficient (Wildman–Crippen LogP) is 1.15. The van der Waals surface area contributed by atoms with E-state index in [1.807, 2.05) is 0 Å². The van der Waals surface area contributed by atoms with E-state index in [-0.39, 0.29) is 6.10 Å². The summed E-state index contributed by atoms with van der Waals surface area (Å²) in [4.78, 5) is 8.55. The number of aliphatic hydroxyl groups excluding tert-OH is 1. The van der Waals surface area contributed by atoms with Crippen molar-refractivity contribution in [3.63, 3.8) is 0 Å². The first-order chi connectivity index (χ1) is 7.84. The lowest BCUT2D eigenvalue weighted by molar-refractivity contribution is 0.164. The van der Waals surface area contributed by atoms with Gasteiger partial charge in [0.05, 0.1) is 6.10 Å². The van der Waals surface area contributed by atoms with Crippen molar-refractivity contribution < 1.29 is 5.11 Å². The Labute approximate surface area is 95.1 Å². The summed E-state index contributed by atoms with van der Waals surface area (Å²) in [7, 11) is 0. The van der Waals surface area contributed by atoms with Crippen LogP contribution in [0, 0.1) is 5.92 Å². The van der Waals surface area contributed by atoms with Crippen LogP contribution in [0.25, 0.3) is 0 Å². The predicted molar refractivity (Wildman–Crippen MR) is 61.3 cm³/mol. The molecule has 2 aliphatic rings. The first-order valence-electron chi connectivity index (χ1n) is 6.09. The number of hydrogen-bond acceptors (Lipinski definition) is 4. The molecule has 1 aromatic heterocycles. The van der Waals surface area contributed by atoms with Crippen molar-refractivity contribution in [2.45, 2.75) is 38.2 Å². The standard InChI is InChI=1S/C12H17N3O/c16-11(8-4-5-8)6-13-12-9-2-1-3-10(9)14-7-15-12/h7-8,11,16H,1-6H2,(H,13,14,15). The third-order valence-electron chi connectivity index (χ3n) is 3.52. The molecule has 0 aliphatic heterocycles. The highest BCUT2D eigenvalue weighted by Crippen LogP contribution is 2.33. The molecule has 1 atom stereocenters. The fraction of sp³-hybridized carbons (Fsp3) is 0.667. The number of rotatable bonds is 4. The number of aliphatic hydroxyl groups is 1. The van der Waals surface area contributed by atoms with Crippen molar-refractivity contribution in [1.29, 1.82) is 0 Å². The first-order valence-corrected chi connectivity index (χ1v) is 6.09. The summed E-state index contributed by atoms with van der Waals surface area (Å²) < 4.78 is 0. The van der Waals surface area contributed by atoms with Crippen molar-refractivity contribution in [2.24, 2.45) is 5.92 Å². The number of aromatic nitrogens is 2. The van der Waals surface area contributed by atoms with Crippen molar-refractivity contribution in [3.8, 4) is 0 Å². The molecule has 0 saturated heterocycles. The maximum absolute atomic E-state index is 9.79. The number of nitrogens with one attached hydrogen (secondary N) is 1. The van der Waals surface area contributed by atoms with Gasteiger partial charge in [-0.25, -0.2) is 9.97 Å². The molecule has 86 valence electrons. The molecule has 2 aliphatic carbocycles. The van der Waals surface area contributed by atoms with Crippen molar-refractivity contribution in [1.82, 2.24) is 9.97 Å². The smallest absolute Gasteiger partial charge is 0.132 e. The van der Waals surface area contributed by atoms with Gasteiger partial charge in [0.1, 0.15) is 12.1 Å². The van der Waals surface area contributed by atoms with Crippen LogP contribution in [0.15, 0.2) is 6.33 Å². The molecule has 0 amide bonds. The summed E-state index contributed by atoms with van der Waals surface area (Å²) in [6.45, 7) is 0.619. The lowest BCUT2D eigenvalue weighted by Gasteiger charge is -2.13. The Morgan fingerprint density at radius 2 is 2.25 bits per heavy atom. The van der Waals surface area contributed by atoms with E-state index in [0.717, 1.165) is 18.7 Å². The maximum Gasteiger partial charge on any atom is 0.132 e. The Morgan fingerprint density at radius 1 is 1.38 bits per heavy atom. The van der Waals surface area contributed by atoms with Gasteiger partial charge in [0.15, 0.2) is 0 Å². The van der Waals surface area contributed by atoms with Gasteiger partial charge in [-0.05, 0) is 38.0 Å². The van der Waals surface area contributed by atoms with E-state index in [9.17, 15) is 5.11 Å². The molecular weight excluding hydrogens is 202 g/mol. The van der Waals surface area contributed by atoms with Crippen molar-refractivity contribution >= 4 is 5.82 Å². The van der Waals surface area contributed by atoms with Gasteiger partial charge in [-0.3, -0.25) is 0 Å². The fourth-order valence-corrected chi connectivity index (χ4v) is 2.36. The van der Waals surface area contributed by atoms with E-state index >= 15 is 0 Å². The molecule has 1 unspecified atom stereocenters. The lowest BCUT2D eigenvalue weighted by atomic mass is 10.2. The highest BCUT2D eigenvalue weighted by molar-refractivity contribution is 5.47. The fourth-order valence-electron chi connectivity index (χ4n) is 2.36. The molecule has 0 bridgehead atoms. The maximum atomic E-state index is 9.79. The van der Waals surface area contributed by atoms with Crippen LogP contribution < -0.4 is 5.32 Å². The minimum atomic E-state index is -0.216. The highest BCUT2D eigenvalue weighted by Gasteiger charge is 2.29. The molecule has 0 spiro atoms. The summed E-state index contributed by atoms with van der Waals surface area (Å²) in [5.74, 6) is 1.45. The lowest BCUT2D eigenvalue weighted by Crippen LogP contribution is -2.22. The van der Waals surface area contributed by atoms with E-state index in [2.05, 4.69) is 15.3 Å². The van der Waals surface area contributed by atoms with Gasteiger partial charge in [-0.15, -0.1) is 0 Å². The quantitative estimate of drug-likeness (QED) is 0.797. The normalized spacial score (nSPS) is 20.6. The average molecular weight is 219 g/mol. The number of nitrogens with zero attached hydrogens (tertiary/aromatic N) is 2. The van der Waals surface area contributed by atoms with Gasteiger partial charge in [0.25, 0.3) is 0 Å². The molecule has 4 nitrogen and oxygen atoms in total. The molecule has 0 radical (unpaired) electrons. The number of aryl methyl sites for hydroxylation is 1. The molecule has 3 rings (SSSR count). The molecule has 1 fully saturated rings. The molecular formula is C12H17N3O. The van der Waals surface area contributed by atoms with Gasteiger partial charge in [0, 0.05) is 17.8 Å². The van der Waals surface area contributed by atoms with E-state index in [4.69, 9.17) is 0 Å². The van der Waals surface area contributed by atoms with Gasteiger partial charge in [-0.1, -0.05) is 0 Å². The van der Waals surface area contributed by atoms with Crippen LogP contribution in [0.4, 0.5) is 5.82 Å². The molecule has 2 N–H and O–H groups in total. The van der Waals surface area contributed by atoms with E-state index in [1.54, 1.807) is 6.33 Å². The minimum Gasteiger partial charge on any atom is -0.391 e. The SMILES string of the molecule is OC(CNc1ncnc2c1CCC2)C1CC1. The van der Waals surface area contributed by atoms with E-state index in [1.165, 1.54) is 30.5 Å². The Kier molecular flexibility index (Phi) is 2.52. The Morgan fingerprint density at radius 3 is 3.06 bits per heavy atom. The zero-order chi connectivity index (χ0) is 11.0. The topological polar surface area (TPSA) is 58.0 Å². The third kappa shape index (κ3) is 1.89. The summed E-state index contributed by atoms with van der Waals surface area (Å²) in [5.41, 5.74) is 2.43. The summed E-state index contributed by atoms with van der Waals surface area (Å²) >= 11 is 0. The van der Waals surface area contributed by atoms with Crippen LogP contribution in [-0.4, -0.2) is 27.7 Å². The summed E-state index contributed by atoms with van der Waals surface area (Å²) in [6, 6.07) is 0. The summed E-state index contributed by atoms with van der Waals surface area (Å²) in [6.07, 6.45) is 7.06. The zero-order valence-electron chi connectivity index (χ0n) is 9.32. The zero-order valence-corrected chi connectivity index (χ0v) is 9.32. The van der Waals surface area contributed by atoms with Gasteiger partial charge >= 0.3 is 0 Å². The van der Waals surface area contributed by atoms with Crippen LogP contribution >= 0.6 is 0 Å². The molecule has 1 aromatic rings. The van der Waals surface area contributed by atoms with Gasteiger partial charge in [0.2, 0.25) is 0 Å². The molecule has 16 heavy (non-hydrogen) atoms. The largest absolute Gasteiger partial charge is 0.391 e. The minimum absolute atomic E-state index is 0.216. The van der Waals surface area contributed by atoms with E-state index < -0.39 is 0 Å².